The van der Waals surface area contributed by atoms with Crippen molar-refractivity contribution in [3.8, 4) is 5.75 Å². The summed E-state index contributed by atoms with van der Waals surface area (Å²) in [6, 6.07) is 2.44. The van der Waals surface area contributed by atoms with Gasteiger partial charge in [-0.3, -0.25) is 0 Å². The second kappa shape index (κ2) is 5.27. The minimum atomic E-state index is -0.548. The number of methoxy groups -OCH3 is 1. The van der Waals surface area contributed by atoms with E-state index in [0.29, 0.717) is 16.9 Å². The van der Waals surface area contributed by atoms with Crippen molar-refractivity contribution in [1.82, 2.24) is 0 Å². The number of aliphatic hydroxyl groups excluding tert-OH is 1. The molecule has 0 heterocycles. The van der Waals surface area contributed by atoms with E-state index in [4.69, 9.17) is 15.6 Å². The molecule has 1 unspecified atom stereocenters. The molecule has 0 fully saturated rings. The largest absolute Gasteiger partial charge is 0.496 e. The average Bonchev–Trinajstić information content (AvgIpc) is 2.27. The summed E-state index contributed by atoms with van der Waals surface area (Å²) < 4.78 is 18.7. The van der Waals surface area contributed by atoms with Gasteiger partial charge in [-0.25, -0.2) is 4.39 Å². The van der Waals surface area contributed by atoms with Gasteiger partial charge in [-0.2, -0.15) is 0 Å². The van der Waals surface area contributed by atoms with Gasteiger partial charge in [0.1, 0.15) is 11.6 Å². The van der Waals surface area contributed by atoms with Crippen LogP contribution in [0.2, 0.25) is 0 Å². The zero-order valence-corrected chi connectivity index (χ0v) is 9.83. The van der Waals surface area contributed by atoms with Crippen molar-refractivity contribution in [2.24, 2.45) is 5.73 Å². The molecule has 0 aliphatic heterocycles. The minimum Gasteiger partial charge on any atom is -0.496 e. The Labute approximate surface area is 95.0 Å². The van der Waals surface area contributed by atoms with Gasteiger partial charge in [0.05, 0.1) is 19.8 Å². The van der Waals surface area contributed by atoms with Gasteiger partial charge in [-0.1, -0.05) is 13.8 Å². The molecule has 1 rings (SSSR count). The molecule has 1 aromatic carbocycles. The predicted molar refractivity (Wildman–Crippen MR) is 61.1 cm³/mol. The van der Waals surface area contributed by atoms with Gasteiger partial charge in [0.15, 0.2) is 0 Å². The van der Waals surface area contributed by atoms with Crippen LogP contribution in [0.15, 0.2) is 12.1 Å². The molecule has 0 aliphatic carbocycles. The molecule has 1 aromatic rings. The van der Waals surface area contributed by atoms with Crippen LogP contribution in [0.5, 0.6) is 5.75 Å². The van der Waals surface area contributed by atoms with Crippen LogP contribution >= 0.6 is 0 Å². The lowest BCUT2D eigenvalue weighted by molar-refractivity contribution is 0.264. The van der Waals surface area contributed by atoms with Crippen LogP contribution in [0.1, 0.15) is 36.9 Å². The van der Waals surface area contributed by atoms with E-state index in [1.807, 2.05) is 13.8 Å². The Bertz CT molecular complexity index is 366. The summed E-state index contributed by atoms with van der Waals surface area (Å²) in [5.41, 5.74) is 6.95. The molecule has 90 valence electrons. The molecule has 0 radical (unpaired) electrons. The Morgan fingerprint density at radius 1 is 1.38 bits per heavy atom. The normalized spacial score (nSPS) is 12.9. The summed E-state index contributed by atoms with van der Waals surface area (Å²) in [7, 11) is 1.46. The third-order valence-electron chi connectivity index (χ3n) is 2.57. The van der Waals surface area contributed by atoms with Crippen molar-refractivity contribution in [3.63, 3.8) is 0 Å². The van der Waals surface area contributed by atoms with Crippen LogP contribution < -0.4 is 10.5 Å². The Morgan fingerprint density at radius 3 is 2.44 bits per heavy atom. The summed E-state index contributed by atoms with van der Waals surface area (Å²) in [4.78, 5) is 0. The quantitative estimate of drug-likeness (QED) is 0.826. The first-order valence-electron chi connectivity index (χ1n) is 5.25. The summed E-state index contributed by atoms with van der Waals surface area (Å²) >= 11 is 0. The minimum absolute atomic E-state index is 0.0653. The molecule has 0 aliphatic rings. The van der Waals surface area contributed by atoms with Crippen molar-refractivity contribution in [1.29, 1.82) is 0 Å². The maximum atomic E-state index is 13.7. The smallest absolute Gasteiger partial charge is 0.130 e. The third kappa shape index (κ3) is 2.51. The number of halogens is 1. The highest BCUT2D eigenvalue weighted by molar-refractivity contribution is 5.41. The third-order valence-corrected chi connectivity index (χ3v) is 2.57. The lowest BCUT2D eigenvalue weighted by Gasteiger charge is -2.17. The summed E-state index contributed by atoms with van der Waals surface area (Å²) in [5.74, 6) is 0.139. The number of hydrogen-bond donors (Lipinski definition) is 2. The van der Waals surface area contributed by atoms with Crippen molar-refractivity contribution < 1.29 is 14.2 Å². The highest BCUT2D eigenvalue weighted by Gasteiger charge is 2.16. The Balaban J connectivity index is 3.28. The second-order valence-corrected chi connectivity index (χ2v) is 4.06. The van der Waals surface area contributed by atoms with Gasteiger partial charge < -0.3 is 15.6 Å². The highest BCUT2D eigenvalue weighted by atomic mass is 19.1. The van der Waals surface area contributed by atoms with Crippen LogP contribution in [0, 0.1) is 5.82 Å². The van der Waals surface area contributed by atoms with Gasteiger partial charge >= 0.3 is 0 Å². The van der Waals surface area contributed by atoms with E-state index in [9.17, 15) is 4.39 Å². The van der Waals surface area contributed by atoms with E-state index in [0.717, 1.165) is 0 Å². The average molecular weight is 227 g/mol. The number of aliphatic hydroxyl groups is 1. The van der Waals surface area contributed by atoms with Crippen molar-refractivity contribution in [2.75, 3.05) is 13.7 Å². The highest BCUT2D eigenvalue weighted by Crippen LogP contribution is 2.30. The number of ether oxygens (including phenoxy) is 1. The van der Waals surface area contributed by atoms with E-state index in [2.05, 4.69) is 0 Å². The van der Waals surface area contributed by atoms with Gasteiger partial charge in [-0.05, 0) is 17.5 Å². The topological polar surface area (TPSA) is 55.5 Å². The zero-order chi connectivity index (χ0) is 12.3. The predicted octanol–water partition coefficient (Wildman–Crippen LogP) is 1.95. The fraction of sp³-hybridized carbons (Fsp3) is 0.500. The maximum absolute atomic E-state index is 13.7. The van der Waals surface area contributed by atoms with E-state index >= 15 is 0 Å². The Kier molecular flexibility index (Phi) is 4.26. The molecule has 0 amide bonds. The summed E-state index contributed by atoms with van der Waals surface area (Å²) in [6.07, 6.45) is 0. The van der Waals surface area contributed by atoms with E-state index in [1.165, 1.54) is 13.2 Å². The number of nitrogens with two attached hydrogens (primary N) is 1. The van der Waals surface area contributed by atoms with E-state index in [1.54, 1.807) is 6.07 Å². The van der Waals surface area contributed by atoms with Gasteiger partial charge in [0, 0.05) is 11.6 Å². The first kappa shape index (κ1) is 12.9. The molecule has 3 N–H and O–H groups in total. The SMILES string of the molecule is COc1cc(F)c(C(C)C)cc1C(N)CO. The van der Waals surface area contributed by atoms with Crippen LogP contribution in [0.3, 0.4) is 0 Å². The van der Waals surface area contributed by atoms with Crippen LogP contribution in [-0.2, 0) is 0 Å². The molecule has 3 nitrogen and oxygen atoms in total. The lowest BCUT2D eigenvalue weighted by atomic mass is 9.96. The van der Waals surface area contributed by atoms with Crippen LogP contribution in [-0.4, -0.2) is 18.8 Å². The number of hydrogen-bond acceptors (Lipinski definition) is 3. The van der Waals surface area contributed by atoms with Crippen molar-refractivity contribution in [3.05, 3.63) is 29.1 Å². The Hall–Kier alpha value is -1.13. The Morgan fingerprint density at radius 2 is 2.00 bits per heavy atom. The van der Waals surface area contributed by atoms with Gasteiger partial charge in [-0.15, -0.1) is 0 Å². The molecule has 1 atom stereocenters. The monoisotopic (exact) mass is 227 g/mol. The zero-order valence-electron chi connectivity index (χ0n) is 9.83. The summed E-state index contributed by atoms with van der Waals surface area (Å²) in [6.45, 7) is 3.61. The van der Waals surface area contributed by atoms with Gasteiger partial charge in [0.2, 0.25) is 0 Å². The van der Waals surface area contributed by atoms with E-state index < -0.39 is 6.04 Å². The molecule has 0 saturated carbocycles. The molecular formula is C12H18FNO2. The maximum Gasteiger partial charge on any atom is 0.130 e. The molecule has 0 bridgehead atoms. The first-order chi connectivity index (χ1) is 7.51. The molecular weight excluding hydrogens is 209 g/mol. The molecule has 0 saturated heterocycles. The number of rotatable bonds is 4. The number of benzene rings is 1. The lowest BCUT2D eigenvalue weighted by Crippen LogP contribution is -2.16. The van der Waals surface area contributed by atoms with Crippen LogP contribution in [0.25, 0.3) is 0 Å². The van der Waals surface area contributed by atoms with Crippen LogP contribution in [0.4, 0.5) is 4.39 Å². The molecule has 0 spiro atoms. The fourth-order valence-corrected chi connectivity index (χ4v) is 1.60. The first-order valence-corrected chi connectivity index (χ1v) is 5.25. The fourth-order valence-electron chi connectivity index (χ4n) is 1.60. The molecule has 0 aromatic heterocycles. The second-order valence-electron chi connectivity index (χ2n) is 4.06. The summed E-state index contributed by atoms with van der Waals surface area (Å²) in [5, 5.41) is 9.03. The van der Waals surface area contributed by atoms with Crippen molar-refractivity contribution >= 4 is 0 Å². The van der Waals surface area contributed by atoms with Crippen molar-refractivity contribution in [2.45, 2.75) is 25.8 Å². The molecule has 4 heteroatoms. The molecule has 16 heavy (non-hydrogen) atoms. The van der Waals surface area contributed by atoms with E-state index in [-0.39, 0.29) is 18.3 Å². The van der Waals surface area contributed by atoms with Gasteiger partial charge in [0.25, 0.3) is 0 Å². The standard InChI is InChI=1S/C12H18FNO2/c1-7(2)8-4-9(11(14)6-15)12(16-3)5-10(8)13/h4-5,7,11,15H,6,14H2,1-3H3.